The first-order valence-electron chi connectivity index (χ1n) is 9.17. The van der Waals surface area contributed by atoms with Gasteiger partial charge in [-0.25, -0.2) is 17.6 Å². The molecule has 0 bridgehead atoms. The molecule has 0 atom stereocenters. The molecule has 2 aromatic rings. The van der Waals surface area contributed by atoms with Crippen molar-refractivity contribution in [3.05, 3.63) is 59.2 Å². The van der Waals surface area contributed by atoms with E-state index in [1.165, 1.54) is 23.9 Å². The maximum absolute atomic E-state index is 14.2. The van der Waals surface area contributed by atoms with Gasteiger partial charge in [0.25, 0.3) is 5.91 Å². The molecule has 0 radical (unpaired) electrons. The second-order valence-electron chi connectivity index (χ2n) is 7.06. The van der Waals surface area contributed by atoms with E-state index in [4.69, 9.17) is 0 Å². The van der Waals surface area contributed by atoms with Gasteiger partial charge >= 0.3 is 0 Å². The van der Waals surface area contributed by atoms with Gasteiger partial charge in [0.1, 0.15) is 11.6 Å². The minimum Gasteiger partial charge on any atom is -0.322 e. The number of thioether (sulfide) groups is 1. The Kier molecular flexibility index (Phi) is 6.62. The Bertz CT molecular complexity index is 919. The number of nitrogens with one attached hydrogen (secondary N) is 1. The summed E-state index contributed by atoms with van der Waals surface area (Å²) in [6.45, 7) is 1.58. The van der Waals surface area contributed by atoms with Crippen LogP contribution in [0.4, 0.5) is 23.2 Å². The zero-order valence-corrected chi connectivity index (χ0v) is 16.4. The molecular weight excluding hydrogens is 406 g/mol. The SMILES string of the molecule is CC(=O)[C@H]1CC[C@@H](Sc2cc(C(=O)Nc3cc(F)c(F)c(F)c3)ccc2F)CC1. The highest BCUT2D eigenvalue weighted by molar-refractivity contribution is 8.00. The minimum absolute atomic E-state index is 0.0605. The van der Waals surface area contributed by atoms with Crippen LogP contribution in [-0.2, 0) is 4.79 Å². The first-order valence-corrected chi connectivity index (χ1v) is 10.0. The number of hydrogen-bond donors (Lipinski definition) is 1. The summed E-state index contributed by atoms with van der Waals surface area (Å²) in [5, 5.41) is 2.42. The van der Waals surface area contributed by atoms with Crippen molar-refractivity contribution >= 4 is 29.1 Å². The van der Waals surface area contributed by atoms with Crippen molar-refractivity contribution in [2.24, 2.45) is 5.92 Å². The average Bonchev–Trinajstić information content (AvgIpc) is 2.68. The lowest BCUT2D eigenvalue weighted by Gasteiger charge is -2.26. The number of carbonyl (C=O) groups excluding carboxylic acids is 2. The molecule has 3 nitrogen and oxygen atoms in total. The fourth-order valence-corrected chi connectivity index (χ4v) is 4.58. The summed E-state index contributed by atoms with van der Waals surface area (Å²) < 4.78 is 53.9. The Balaban J connectivity index is 1.70. The molecular formula is C21H19F4NO2S. The Morgan fingerprint density at radius 3 is 2.14 bits per heavy atom. The maximum atomic E-state index is 14.2. The lowest BCUT2D eigenvalue weighted by Crippen LogP contribution is -2.21. The van der Waals surface area contributed by atoms with E-state index in [0.29, 0.717) is 17.0 Å². The molecule has 0 aliphatic heterocycles. The van der Waals surface area contributed by atoms with Gasteiger partial charge in [0.05, 0.1) is 0 Å². The van der Waals surface area contributed by atoms with Crippen molar-refractivity contribution in [2.45, 2.75) is 42.8 Å². The number of benzene rings is 2. The first kappa shape index (κ1) is 21.4. The maximum Gasteiger partial charge on any atom is 0.255 e. The predicted octanol–water partition coefficient (Wildman–Crippen LogP) is 5.74. The zero-order chi connectivity index (χ0) is 21.1. The largest absolute Gasteiger partial charge is 0.322 e. The summed E-state index contributed by atoms with van der Waals surface area (Å²) in [5.74, 6) is -5.40. The molecule has 29 heavy (non-hydrogen) atoms. The number of amides is 1. The van der Waals surface area contributed by atoms with Crippen molar-refractivity contribution in [3.63, 3.8) is 0 Å². The number of carbonyl (C=O) groups is 2. The van der Waals surface area contributed by atoms with Crippen LogP contribution in [0.3, 0.4) is 0 Å². The summed E-state index contributed by atoms with van der Waals surface area (Å²) in [6.07, 6.45) is 3.07. The molecule has 0 unspecified atom stereocenters. The van der Waals surface area contributed by atoms with Gasteiger partial charge in [-0.15, -0.1) is 11.8 Å². The number of anilines is 1. The van der Waals surface area contributed by atoms with Crippen LogP contribution in [0.2, 0.25) is 0 Å². The minimum atomic E-state index is -1.62. The second-order valence-corrected chi connectivity index (χ2v) is 8.40. The topological polar surface area (TPSA) is 46.2 Å². The molecule has 0 aromatic heterocycles. The van der Waals surface area contributed by atoms with Crippen LogP contribution >= 0.6 is 11.8 Å². The van der Waals surface area contributed by atoms with Crippen molar-refractivity contribution in [3.8, 4) is 0 Å². The Morgan fingerprint density at radius 2 is 1.55 bits per heavy atom. The van der Waals surface area contributed by atoms with Gasteiger partial charge in [-0.2, -0.15) is 0 Å². The molecule has 1 fully saturated rings. The molecule has 3 rings (SSSR count). The van der Waals surface area contributed by atoms with E-state index in [-0.39, 0.29) is 28.2 Å². The van der Waals surface area contributed by atoms with Gasteiger partial charge in [0, 0.05) is 39.4 Å². The quantitative estimate of drug-likeness (QED) is 0.491. The molecule has 0 saturated heterocycles. The number of hydrogen-bond acceptors (Lipinski definition) is 3. The summed E-state index contributed by atoms with van der Waals surface area (Å²) in [4.78, 5) is 24.1. The molecule has 8 heteroatoms. The Labute approximate surface area is 169 Å². The van der Waals surface area contributed by atoms with Crippen LogP contribution in [0.5, 0.6) is 0 Å². The number of rotatable bonds is 5. The van der Waals surface area contributed by atoms with Crippen molar-refractivity contribution in [1.82, 2.24) is 0 Å². The monoisotopic (exact) mass is 425 g/mol. The smallest absolute Gasteiger partial charge is 0.255 e. The molecule has 154 valence electrons. The summed E-state index contributed by atoms with van der Waals surface area (Å²) in [6, 6.07) is 5.14. The Morgan fingerprint density at radius 1 is 0.931 bits per heavy atom. The average molecular weight is 425 g/mol. The normalized spacial score (nSPS) is 19.1. The van der Waals surface area contributed by atoms with Gasteiger partial charge < -0.3 is 5.32 Å². The molecule has 1 aliphatic rings. The van der Waals surface area contributed by atoms with Crippen LogP contribution in [0.25, 0.3) is 0 Å². The van der Waals surface area contributed by atoms with Gasteiger partial charge in [-0.3, -0.25) is 9.59 Å². The molecule has 0 heterocycles. The van der Waals surface area contributed by atoms with Crippen molar-refractivity contribution < 1.29 is 27.2 Å². The van der Waals surface area contributed by atoms with E-state index in [1.54, 1.807) is 6.92 Å². The highest BCUT2D eigenvalue weighted by atomic mass is 32.2. The van der Waals surface area contributed by atoms with Gasteiger partial charge in [0.2, 0.25) is 0 Å². The fraction of sp³-hybridized carbons (Fsp3) is 0.333. The van der Waals surface area contributed by atoms with Gasteiger partial charge in [-0.05, 0) is 50.8 Å². The van der Waals surface area contributed by atoms with E-state index >= 15 is 0 Å². The van der Waals surface area contributed by atoms with Crippen LogP contribution in [0.15, 0.2) is 35.2 Å². The van der Waals surface area contributed by atoms with Crippen LogP contribution < -0.4 is 5.32 Å². The van der Waals surface area contributed by atoms with Gasteiger partial charge in [-0.1, -0.05) is 0 Å². The van der Waals surface area contributed by atoms with Crippen molar-refractivity contribution in [1.29, 1.82) is 0 Å². The van der Waals surface area contributed by atoms with Gasteiger partial charge in [0.15, 0.2) is 17.5 Å². The van der Waals surface area contributed by atoms with E-state index in [9.17, 15) is 27.2 Å². The summed E-state index contributed by atoms with van der Waals surface area (Å²) in [7, 11) is 0. The molecule has 1 N–H and O–H groups in total. The molecule has 1 aliphatic carbocycles. The number of Topliss-reactive ketones (excluding diaryl/α,β-unsaturated/α-hetero) is 1. The third-order valence-corrected chi connectivity index (χ3v) is 6.35. The number of ketones is 1. The molecule has 0 spiro atoms. The molecule has 2 aromatic carbocycles. The zero-order valence-electron chi connectivity index (χ0n) is 15.6. The van der Waals surface area contributed by atoms with E-state index in [2.05, 4.69) is 5.32 Å². The molecule has 1 saturated carbocycles. The van der Waals surface area contributed by atoms with E-state index < -0.39 is 29.2 Å². The number of halogens is 4. The fourth-order valence-electron chi connectivity index (χ4n) is 3.33. The van der Waals surface area contributed by atoms with Crippen LogP contribution in [0.1, 0.15) is 43.0 Å². The van der Waals surface area contributed by atoms with Crippen LogP contribution in [0, 0.1) is 29.2 Å². The van der Waals surface area contributed by atoms with E-state index in [1.807, 2.05) is 0 Å². The highest BCUT2D eigenvalue weighted by Crippen LogP contribution is 2.37. The Hall–Kier alpha value is -2.35. The lowest BCUT2D eigenvalue weighted by molar-refractivity contribution is -0.121. The standard InChI is InChI=1S/C21H19F4NO2S/c1-11(27)12-2-5-15(6-3-12)29-19-8-13(4-7-16(19)22)21(28)26-14-9-17(23)20(25)18(24)10-14/h4,7-10,12,15H,2-3,5-6H2,1H3,(H,26,28)/t12-,15+. The van der Waals surface area contributed by atoms with Crippen LogP contribution in [-0.4, -0.2) is 16.9 Å². The predicted molar refractivity (Wildman–Crippen MR) is 103 cm³/mol. The second kappa shape index (κ2) is 8.98. The summed E-state index contributed by atoms with van der Waals surface area (Å²) >= 11 is 1.31. The third kappa shape index (κ3) is 5.18. The highest BCUT2D eigenvalue weighted by Gasteiger charge is 2.25. The first-order chi connectivity index (χ1) is 13.7. The lowest BCUT2D eigenvalue weighted by atomic mass is 9.86. The molecule has 1 amide bonds. The van der Waals surface area contributed by atoms with E-state index in [0.717, 1.165) is 31.7 Å². The summed E-state index contributed by atoms with van der Waals surface area (Å²) in [5.41, 5.74) is -0.135. The van der Waals surface area contributed by atoms with Crippen molar-refractivity contribution in [2.75, 3.05) is 5.32 Å². The third-order valence-electron chi connectivity index (χ3n) is 4.98.